The molecule has 0 bridgehead atoms. The number of ether oxygens (including phenoxy) is 1. The van der Waals surface area contributed by atoms with E-state index in [0.717, 1.165) is 55.8 Å². The molecular formula is C23H33ClN4O. The van der Waals surface area contributed by atoms with Crippen LogP contribution in [-0.2, 0) is 17.8 Å². The van der Waals surface area contributed by atoms with E-state index in [1.54, 1.807) is 0 Å². The molecular weight excluding hydrogens is 384 g/mol. The third kappa shape index (κ3) is 4.85. The lowest BCUT2D eigenvalue weighted by molar-refractivity contribution is -0.0369. The van der Waals surface area contributed by atoms with Crippen molar-refractivity contribution in [2.45, 2.75) is 57.7 Å². The van der Waals surface area contributed by atoms with Crippen LogP contribution in [0.5, 0.6) is 0 Å². The summed E-state index contributed by atoms with van der Waals surface area (Å²) in [4.78, 5) is 2.68. The first-order chi connectivity index (χ1) is 14.2. The number of morpholine rings is 1. The standard InChI is InChI=1S/C23H33ClN4O/c1-19-21(22(24)28(26-19)17-20-8-4-2-5-9-20)16-25-18-23(10-6-3-7-11-23)27-12-14-29-15-13-27/h2,4-5,8-9,25H,3,6-7,10-18H2,1H3. The number of aromatic nitrogens is 2. The third-order valence-corrected chi connectivity index (χ3v) is 7.00. The zero-order valence-corrected chi connectivity index (χ0v) is 18.3. The predicted molar refractivity (Wildman–Crippen MR) is 117 cm³/mol. The highest BCUT2D eigenvalue weighted by Crippen LogP contribution is 2.34. The minimum atomic E-state index is 0.266. The van der Waals surface area contributed by atoms with Gasteiger partial charge in [0.05, 0.1) is 25.5 Å². The normalized spacial score (nSPS) is 20.1. The van der Waals surface area contributed by atoms with Crippen LogP contribution in [0.15, 0.2) is 30.3 Å². The molecule has 0 radical (unpaired) electrons. The van der Waals surface area contributed by atoms with Crippen molar-refractivity contribution in [2.75, 3.05) is 32.8 Å². The largest absolute Gasteiger partial charge is 0.379 e. The first-order valence-corrected chi connectivity index (χ1v) is 11.3. The van der Waals surface area contributed by atoms with E-state index in [9.17, 15) is 0 Å². The Balaban J connectivity index is 1.41. The second-order valence-electron chi connectivity index (χ2n) is 8.49. The smallest absolute Gasteiger partial charge is 0.132 e. The van der Waals surface area contributed by atoms with Gasteiger partial charge in [0.1, 0.15) is 5.15 Å². The van der Waals surface area contributed by atoms with Gasteiger partial charge in [0, 0.05) is 37.3 Å². The minimum absolute atomic E-state index is 0.266. The number of aryl methyl sites for hydroxylation is 1. The zero-order valence-electron chi connectivity index (χ0n) is 17.5. The van der Waals surface area contributed by atoms with Gasteiger partial charge in [-0.05, 0) is 25.3 Å². The number of halogens is 1. The van der Waals surface area contributed by atoms with Gasteiger partial charge in [0.25, 0.3) is 0 Å². The van der Waals surface area contributed by atoms with Crippen molar-refractivity contribution in [1.29, 1.82) is 0 Å². The molecule has 158 valence electrons. The van der Waals surface area contributed by atoms with Crippen molar-refractivity contribution in [3.8, 4) is 0 Å². The van der Waals surface area contributed by atoms with E-state index in [-0.39, 0.29) is 5.54 Å². The van der Waals surface area contributed by atoms with Crippen LogP contribution in [0.4, 0.5) is 0 Å². The van der Waals surface area contributed by atoms with Crippen molar-refractivity contribution < 1.29 is 4.74 Å². The molecule has 29 heavy (non-hydrogen) atoms. The van der Waals surface area contributed by atoms with Gasteiger partial charge in [-0.3, -0.25) is 4.90 Å². The van der Waals surface area contributed by atoms with Crippen LogP contribution >= 0.6 is 11.6 Å². The molecule has 0 spiro atoms. The Hall–Kier alpha value is -1.40. The molecule has 0 atom stereocenters. The summed E-state index contributed by atoms with van der Waals surface area (Å²) in [7, 11) is 0. The molecule has 2 fully saturated rings. The van der Waals surface area contributed by atoms with Crippen LogP contribution in [0, 0.1) is 6.92 Å². The summed E-state index contributed by atoms with van der Waals surface area (Å²) < 4.78 is 7.52. The van der Waals surface area contributed by atoms with Crippen LogP contribution < -0.4 is 5.32 Å². The fourth-order valence-corrected chi connectivity index (χ4v) is 5.23. The number of benzene rings is 1. The summed E-state index contributed by atoms with van der Waals surface area (Å²) >= 11 is 6.72. The van der Waals surface area contributed by atoms with Gasteiger partial charge in [-0.15, -0.1) is 0 Å². The predicted octanol–water partition coefficient (Wildman–Crippen LogP) is 4.02. The number of nitrogens with zero attached hydrogens (tertiary/aromatic N) is 3. The maximum Gasteiger partial charge on any atom is 0.132 e. The van der Waals surface area contributed by atoms with Gasteiger partial charge >= 0.3 is 0 Å². The van der Waals surface area contributed by atoms with Crippen LogP contribution in [0.2, 0.25) is 5.15 Å². The molecule has 1 saturated heterocycles. The molecule has 2 aliphatic rings. The summed E-state index contributed by atoms with van der Waals surface area (Å²) in [5.41, 5.74) is 3.62. The lowest BCUT2D eigenvalue weighted by Gasteiger charge is -2.48. The molecule has 6 heteroatoms. The van der Waals surface area contributed by atoms with Crippen molar-refractivity contribution in [3.63, 3.8) is 0 Å². The molecule has 1 aliphatic heterocycles. The van der Waals surface area contributed by atoms with Gasteiger partial charge in [-0.2, -0.15) is 5.10 Å². The summed E-state index contributed by atoms with van der Waals surface area (Å²) in [6.45, 7) is 8.37. The Morgan fingerprint density at radius 1 is 1.10 bits per heavy atom. The monoisotopic (exact) mass is 416 g/mol. The Morgan fingerprint density at radius 3 is 2.55 bits per heavy atom. The van der Waals surface area contributed by atoms with E-state index in [2.05, 4.69) is 41.4 Å². The van der Waals surface area contributed by atoms with E-state index < -0.39 is 0 Å². The molecule has 4 rings (SSSR count). The first kappa shape index (κ1) is 20.9. The highest BCUT2D eigenvalue weighted by Gasteiger charge is 2.38. The van der Waals surface area contributed by atoms with Gasteiger partial charge in [-0.1, -0.05) is 61.2 Å². The Bertz CT molecular complexity index is 780. The summed E-state index contributed by atoms with van der Waals surface area (Å²) in [5.74, 6) is 0. The molecule has 5 nitrogen and oxygen atoms in total. The van der Waals surface area contributed by atoms with Gasteiger partial charge < -0.3 is 10.1 Å². The van der Waals surface area contributed by atoms with Crippen molar-refractivity contribution in [2.24, 2.45) is 0 Å². The quantitative estimate of drug-likeness (QED) is 0.740. The SMILES string of the molecule is Cc1nn(Cc2ccccc2)c(Cl)c1CNCC1(N2CCOCC2)CCCCC1. The molecule has 1 aromatic carbocycles. The molecule has 1 N–H and O–H groups in total. The highest BCUT2D eigenvalue weighted by molar-refractivity contribution is 6.30. The molecule has 1 saturated carbocycles. The number of hydrogen-bond acceptors (Lipinski definition) is 4. The van der Waals surface area contributed by atoms with Crippen molar-refractivity contribution >= 4 is 11.6 Å². The molecule has 2 heterocycles. The number of nitrogens with one attached hydrogen (secondary N) is 1. The average Bonchev–Trinajstić information content (AvgIpc) is 3.03. The lowest BCUT2D eigenvalue weighted by Crippen LogP contribution is -2.59. The summed E-state index contributed by atoms with van der Waals surface area (Å²) in [5, 5.41) is 9.20. The first-order valence-electron chi connectivity index (χ1n) is 11.0. The van der Waals surface area contributed by atoms with Crippen LogP contribution in [0.25, 0.3) is 0 Å². The van der Waals surface area contributed by atoms with Gasteiger partial charge in [0.15, 0.2) is 0 Å². The average molecular weight is 417 g/mol. The van der Waals surface area contributed by atoms with Crippen molar-refractivity contribution in [1.82, 2.24) is 20.0 Å². The van der Waals surface area contributed by atoms with E-state index in [0.29, 0.717) is 6.54 Å². The van der Waals surface area contributed by atoms with E-state index in [1.165, 1.54) is 37.7 Å². The van der Waals surface area contributed by atoms with Crippen LogP contribution in [-0.4, -0.2) is 53.1 Å². The summed E-state index contributed by atoms with van der Waals surface area (Å²) in [6, 6.07) is 10.4. The van der Waals surface area contributed by atoms with Crippen molar-refractivity contribution in [3.05, 3.63) is 52.3 Å². The van der Waals surface area contributed by atoms with E-state index >= 15 is 0 Å². The minimum Gasteiger partial charge on any atom is -0.379 e. The fourth-order valence-electron chi connectivity index (χ4n) is 4.92. The van der Waals surface area contributed by atoms with Crippen LogP contribution in [0.1, 0.15) is 48.9 Å². The summed E-state index contributed by atoms with van der Waals surface area (Å²) in [6.07, 6.45) is 6.57. The van der Waals surface area contributed by atoms with Gasteiger partial charge in [-0.25, -0.2) is 4.68 Å². The maximum absolute atomic E-state index is 6.72. The Morgan fingerprint density at radius 2 is 1.83 bits per heavy atom. The second-order valence-corrected chi connectivity index (χ2v) is 8.84. The molecule has 1 aromatic heterocycles. The fraction of sp³-hybridized carbons (Fsp3) is 0.609. The lowest BCUT2D eigenvalue weighted by atomic mass is 9.79. The number of rotatable bonds is 7. The molecule has 1 aliphatic carbocycles. The highest BCUT2D eigenvalue weighted by atomic mass is 35.5. The third-order valence-electron chi connectivity index (χ3n) is 6.58. The maximum atomic E-state index is 6.72. The second kappa shape index (κ2) is 9.61. The Labute approximate surface area is 179 Å². The molecule has 2 aromatic rings. The zero-order chi connectivity index (χ0) is 20.1. The molecule has 0 amide bonds. The molecule has 0 unspecified atom stereocenters. The number of hydrogen-bond donors (Lipinski definition) is 1. The van der Waals surface area contributed by atoms with Gasteiger partial charge in [0.2, 0.25) is 0 Å². The Kier molecular flexibility index (Phi) is 6.91. The van der Waals surface area contributed by atoms with E-state index in [1.807, 2.05) is 10.7 Å². The van der Waals surface area contributed by atoms with E-state index in [4.69, 9.17) is 21.4 Å². The topological polar surface area (TPSA) is 42.3 Å². The van der Waals surface area contributed by atoms with Crippen LogP contribution in [0.3, 0.4) is 0 Å².